The molecule has 2 aromatic carbocycles. The summed E-state index contributed by atoms with van der Waals surface area (Å²) in [7, 11) is 0. The Morgan fingerprint density at radius 2 is 1.87 bits per heavy atom. The molecule has 0 aromatic heterocycles. The molecule has 0 unspecified atom stereocenters. The van der Waals surface area contributed by atoms with E-state index in [9.17, 15) is 4.79 Å². The van der Waals surface area contributed by atoms with Gasteiger partial charge in [0.1, 0.15) is 0 Å². The predicted octanol–water partition coefficient (Wildman–Crippen LogP) is 4.93. The summed E-state index contributed by atoms with van der Waals surface area (Å²) in [5, 5.41) is 7.46. The molecule has 0 saturated carbocycles. The van der Waals surface area contributed by atoms with E-state index in [-0.39, 0.29) is 29.9 Å². The molecule has 0 radical (unpaired) electrons. The maximum Gasteiger partial charge on any atom is 0.222 e. The highest BCUT2D eigenvalue weighted by molar-refractivity contribution is 14.0. The number of hydrogen-bond acceptors (Lipinski definition) is 3. The van der Waals surface area contributed by atoms with Gasteiger partial charge in [-0.3, -0.25) is 4.79 Å². The summed E-state index contributed by atoms with van der Waals surface area (Å²) in [6.45, 7) is 5.78. The Morgan fingerprint density at radius 3 is 2.55 bits per heavy atom. The lowest BCUT2D eigenvalue weighted by atomic mass is 10.1. The number of rotatable bonds is 9. The Kier molecular flexibility index (Phi) is 11.5. The van der Waals surface area contributed by atoms with Crippen molar-refractivity contribution in [3.8, 4) is 0 Å². The van der Waals surface area contributed by atoms with E-state index in [1.807, 2.05) is 41.3 Å². The van der Waals surface area contributed by atoms with Crippen LogP contribution in [0.25, 0.3) is 0 Å². The lowest BCUT2D eigenvalue weighted by Gasteiger charge is -2.18. The standard InChI is InChI=1S/C23H29ClN4OS.HI/c1-2-25-23(26-13-15-30-21-11-9-20(24)10-12-21)27-16-18-6-3-4-7-19(18)17-28-14-5-8-22(28)29;/h3-4,6-7,9-12H,2,5,8,13-17H2,1H3,(H2,25,26,27);1H. The number of halogens is 2. The van der Waals surface area contributed by atoms with Gasteiger partial charge in [0.15, 0.2) is 5.96 Å². The molecule has 5 nitrogen and oxygen atoms in total. The molecule has 0 spiro atoms. The first-order valence-electron chi connectivity index (χ1n) is 10.4. The maximum absolute atomic E-state index is 12.0. The molecule has 2 N–H and O–H groups in total. The van der Waals surface area contributed by atoms with E-state index in [1.54, 1.807) is 11.8 Å². The lowest BCUT2D eigenvalue weighted by molar-refractivity contribution is -0.128. The number of aliphatic imine (C=N–C) groups is 1. The Bertz CT molecular complexity index is 863. The highest BCUT2D eigenvalue weighted by Crippen LogP contribution is 2.20. The van der Waals surface area contributed by atoms with Crippen LogP contribution in [-0.2, 0) is 17.9 Å². The second kappa shape index (κ2) is 13.9. The average Bonchev–Trinajstić information content (AvgIpc) is 3.16. The van der Waals surface area contributed by atoms with Crippen LogP contribution in [0, 0.1) is 0 Å². The third-order valence-electron chi connectivity index (χ3n) is 4.88. The molecule has 168 valence electrons. The summed E-state index contributed by atoms with van der Waals surface area (Å²) >= 11 is 7.72. The van der Waals surface area contributed by atoms with Crippen molar-refractivity contribution < 1.29 is 4.79 Å². The van der Waals surface area contributed by atoms with E-state index in [2.05, 4.69) is 29.7 Å². The summed E-state index contributed by atoms with van der Waals surface area (Å²) in [5.41, 5.74) is 2.33. The molecule has 1 aliphatic heterocycles. The predicted molar refractivity (Wildman–Crippen MR) is 142 cm³/mol. The molecule has 1 amide bonds. The minimum absolute atomic E-state index is 0. The van der Waals surface area contributed by atoms with Crippen LogP contribution < -0.4 is 10.6 Å². The Labute approximate surface area is 211 Å². The molecule has 1 heterocycles. The quantitative estimate of drug-likeness (QED) is 0.147. The van der Waals surface area contributed by atoms with E-state index in [0.29, 0.717) is 19.5 Å². The van der Waals surface area contributed by atoms with Crippen molar-refractivity contribution >= 4 is 59.2 Å². The third-order valence-corrected chi connectivity index (χ3v) is 6.15. The topological polar surface area (TPSA) is 56.7 Å². The van der Waals surface area contributed by atoms with Gasteiger partial charge in [-0.1, -0.05) is 35.9 Å². The Balaban J connectivity index is 0.00000341. The van der Waals surface area contributed by atoms with Crippen molar-refractivity contribution in [1.29, 1.82) is 0 Å². The van der Waals surface area contributed by atoms with Gasteiger partial charge in [0.2, 0.25) is 5.91 Å². The minimum atomic E-state index is 0. The zero-order valence-electron chi connectivity index (χ0n) is 17.8. The molecular weight excluding hydrogens is 543 g/mol. The van der Waals surface area contributed by atoms with Gasteiger partial charge < -0.3 is 15.5 Å². The van der Waals surface area contributed by atoms with Crippen molar-refractivity contribution in [2.45, 2.75) is 37.8 Å². The number of benzene rings is 2. The highest BCUT2D eigenvalue weighted by Gasteiger charge is 2.20. The van der Waals surface area contributed by atoms with Gasteiger partial charge in [0.25, 0.3) is 0 Å². The Morgan fingerprint density at radius 1 is 1.13 bits per heavy atom. The van der Waals surface area contributed by atoms with E-state index >= 15 is 0 Å². The van der Waals surface area contributed by atoms with Crippen LogP contribution in [-0.4, -0.2) is 42.2 Å². The molecule has 1 saturated heterocycles. The lowest BCUT2D eigenvalue weighted by Crippen LogP contribution is -2.38. The van der Waals surface area contributed by atoms with Crippen LogP contribution in [0.2, 0.25) is 5.02 Å². The first kappa shape index (κ1) is 25.8. The second-order valence-electron chi connectivity index (χ2n) is 7.11. The minimum Gasteiger partial charge on any atom is -0.357 e. The molecule has 0 atom stereocenters. The number of hydrogen-bond donors (Lipinski definition) is 2. The fourth-order valence-electron chi connectivity index (χ4n) is 3.32. The van der Waals surface area contributed by atoms with Gasteiger partial charge in [0.05, 0.1) is 6.54 Å². The number of carbonyl (C=O) groups is 1. The normalized spacial score (nSPS) is 13.8. The van der Waals surface area contributed by atoms with Crippen LogP contribution in [0.4, 0.5) is 0 Å². The summed E-state index contributed by atoms with van der Waals surface area (Å²) < 4.78 is 0. The maximum atomic E-state index is 12.0. The van der Waals surface area contributed by atoms with Gasteiger partial charge in [-0.2, -0.15) is 0 Å². The molecule has 0 bridgehead atoms. The van der Waals surface area contributed by atoms with Crippen molar-refractivity contribution in [2.75, 3.05) is 25.4 Å². The van der Waals surface area contributed by atoms with Gasteiger partial charge in [0, 0.05) is 48.3 Å². The smallest absolute Gasteiger partial charge is 0.222 e. The summed E-state index contributed by atoms with van der Waals surface area (Å²) in [6.07, 6.45) is 1.63. The van der Waals surface area contributed by atoms with Crippen LogP contribution in [0.5, 0.6) is 0 Å². The van der Waals surface area contributed by atoms with Crippen molar-refractivity contribution in [2.24, 2.45) is 4.99 Å². The Hall–Kier alpha value is -1.45. The summed E-state index contributed by atoms with van der Waals surface area (Å²) in [5.74, 6) is 1.99. The molecular formula is C23H30ClIN4OS. The van der Waals surface area contributed by atoms with E-state index < -0.39 is 0 Å². The van der Waals surface area contributed by atoms with Crippen LogP contribution in [0.3, 0.4) is 0 Å². The third kappa shape index (κ3) is 8.54. The zero-order valence-corrected chi connectivity index (χ0v) is 21.7. The molecule has 8 heteroatoms. The van der Waals surface area contributed by atoms with Gasteiger partial charge in [-0.05, 0) is 48.7 Å². The first-order valence-corrected chi connectivity index (χ1v) is 11.8. The molecule has 3 rings (SSSR count). The number of likely N-dealkylation sites (tertiary alicyclic amines) is 1. The number of thioether (sulfide) groups is 1. The molecule has 1 aliphatic rings. The SMILES string of the molecule is CCNC(=NCc1ccccc1CN1CCCC1=O)NCCSc1ccc(Cl)cc1.I. The van der Waals surface area contributed by atoms with Gasteiger partial charge in [-0.15, -0.1) is 35.7 Å². The van der Waals surface area contributed by atoms with Crippen molar-refractivity contribution in [1.82, 2.24) is 15.5 Å². The van der Waals surface area contributed by atoms with Gasteiger partial charge in [-0.25, -0.2) is 4.99 Å². The molecule has 2 aromatic rings. The average molecular weight is 573 g/mol. The van der Waals surface area contributed by atoms with Crippen LogP contribution in [0.1, 0.15) is 30.9 Å². The van der Waals surface area contributed by atoms with E-state index in [1.165, 1.54) is 10.5 Å². The molecule has 0 aliphatic carbocycles. The monoisotopic (exact) mass is 572 g/mol. The largest absolute Gasteiger partial charge is 0.357 e. The van der Waals surface area contributed by atoms with Crippen LogP contribution >= 0.6 is 47.3 Å². The van der Waals surface area contributed by atoms with Crippen molar-refractivity contribution in [3.63, 3.8) is 0 Å². The number of nitrogens with zero attached hydrogens (tertiary/aromatic N) is 2. The molecule has 31 heavy (non-hydrogen) atoms. The first-order chi connectivity index (χ1) is 14.7. The van der Waals surface area contributed by atoms with Crippen LogP contribution in [0.15, 0.2) is 58.4 Å². The zero-order chi connectivity index (χ0) is 21.2. The van der Waals surface area contributed by atoms with E-state index in [0.717, 1.165) is 48.4 Å². The fourth-order valence-corrected chi connectivity index (χ4v) is 4.21. The number of carbonyl (C=O) groups excluding carboxylic acids is 1. The number of nitrogens with one attached hydrogen (secondary N) is 2. The summed E-state index contributed by atoms with van der Waals surface area (Å²) in [4.78, 5) is 19.9. The highest BCUT2D eigenvalue weighted by atomic mass is 127. The van der Waals surface area contributed by atoms with Gasteiger partial charge >= 0.3 is 0 Å². The number of guanidine groups is 1. The van der Waals surface area contributed by atoms with E-state index in [4.69, 9.17) is 16.6 Å². The van der Waals surface area contributed by atoms with Crippen molar-refractivity contribution in [3.05, 3.63) is 64.7 Å². The fraction of sp³-hybridized carbons (Fsp3) is 0.391. The number of amides is 1. The second-order valence-corrected chi connectivity index (χ2v) is 8.72. The molecule has 1 fully saturated rings. The summed E-state index contributed by atoms with van der Waals surface area (Å²) in [6, 6.07) is 16.2.